The maximum Gasteiger partial charge on any atom is 0.320 e. The first kappa shape index (κ1) is 7.30. The standard InChI is InChI=1S/C10H10O3/c1-10-6-3-2-5(4-6)7(10)8(11)13-9(10)12/h2-3,5-7H,4H2,1H3/t5-,6-,7+,10+/m1/s1. The Hall–Kier alpha value is -1.12. The Kier molecular flexibility index (Phi) is 1.05. The van der Waals surface area contributed by atoms with E-state index in [4.69, 9.17) is 4.74 Å². The lowest BCUT2D eigenvalue weighted by Gasteiger charge is -2.25. The van der Waals surface area contributed by atoms with Crippen LogP contribution < -0.4 is 0 Å². The van der Waals surface area contributed by atoms with E-state index >= 15 is 0 Å². The lowest BCUT2D eigenvalue weighted by atomic mass is 9.72. The van der Waals surface area contributed by atoms with Gasteiger partial charge in [0.15, 0.2) is 0 Å². The van der Waals surface area contributed by atoms with Gasteiger partial charge in [-0.1, -0.05) is 12.2 Å². The number of rotatable bonds is 0. The summed E-state index contributed by atoms with van der Waals surface area (Å²) in [5.74, 6) is -0.367. The van der Waals surface area contributed by atoms with Crippen LogP contribution in [0.4, 0.5) is 0 Å². The molecule has 0 aromatic rings. The van der Waals surface area contributed by atoms with Gasteiger partial charge in [-0.3, -0.25) is 9.59 Å². The van der Waals surface area contributed by atoms with Gasteiger partial charge in [0.05, 0.1) is 11.3 Å². The van der Waals surface area contributed by atoms with Crippen LogP contribution in [0.3, 0.4) is 0 Å². The number of hydrogen-bond donors (Lipinski definition) is 0. The smallest absolute Gasteiger partial charge is 0.320 e. The average Bonchev–Trinajstić information content (AvgIpc) is 2.66. The summed E-state index contributed by atoms with van der Waals surface area (Å²) >= 11 is 0. The van der Waals surface area contributed by atoms with E-state index in [9.17, 15) is 9.59 Å². The van der Waals surface area contributed by atoms with Gasteiger partial charge in [-0.05, 0) is 25.2 Å². The molecular weight excluding hydrogens is 168 g/mol. The second kappa shape index (κ2) is 1.86. The molecule has 0 amide bonds. The average molecular weight is 178 g/mol. The molecule has 0 aromatic carbocycles. The summed E-state index contributed by atoms with van der Waals surface area (Å²) in [6.07, 6.45) is 5.06. The fraction of sp³-hybridized carbons (Fsp3) is 0.600. The number of ether oxygens (including phenoxy) is 1. The van der Waals surface area contributed by atoms with Crippen molar-refractivity contribution in [1.29, 1.82) is 0 Å². The highest BCUT2D eigenvalue weighted by Gasteiger charge is 2.66. The van der Waals surface area contributed by atoms with Crippen molar-refractivity contribution in [3.8, 4) is 0 Å². The molecule has 3 nitrogen and oxygen atoms in total. The molecule has 0 aromatic heterocycles. The SMILES string of the molecule is C[C@@]12C(=O)OC(=O)[C@@H]1[C@@H]1C=C[C@@H]2C1. The molecule has 0 unspecified atom stereocenters. The third-order valence-electron chi connectivity index (χ3n) is 3.85. The Labute approximate surface area is 75.8 Å². The van der Waals surface area contributed by atoms with Gasteiger partial charge in [0.2, 0.25) is 0 Å². The first-order chi connectivity index (χ1) is 6.14. The summed E-state index contributed by atoms with van der Waals surface area (Å²) in [5, 5.41) is 0. The molecule has 2 bridgehead atoms. The number of fused-ring (bicyclic) bond motifs is 5. The predicted molar refractivity (Wildman–Crippen MR) is 43.4 cm³/mol. The van der Waals surface area contributed by atoms with Crippen molar-refractivity contribution in [1.82, 2.24) is 0 Å². The largest absolute Gasteiger partial charge is 0.392 e. The Morgan fingerprint density at radius 1 is 1.46 bits per heavy atom. The number of allylic oxidation sites excluding steroid dienone is 2. The molecule has 0 radical (unpaired) electrons. The van der Waals surface area contributed by atoms with E-state index in [2.05, 4.69) is 12.2 Å². The fourth-order valence-corrected chi connectivity index (χ4v) is 3.06. The normalized spacial score (nSPS) is 51.3. The van der Waals surface area contributed by atoms with Gasteiger partial charge in [-0.15, -0.1) is 0 Å². The van der Waals surface area contributed by atoms with Gasteiger partial charge in [-0.2, -0.15) is 0 Å². The number of cyclic esters (lactones) is 2. The first-order valence-corrected chi connectivity index (χ1v) is 4.58. The molecule has 2 aliphatic carbocycles. The van der Waals surface area contributed by atoms with Gasteiger partial charge in [-0.25, -0.2) is 0 Å². The molecule has 1 heterocycles. The molecule has 1 saturated carbocycles. The van der Waals surface area contributed by atoms with Crippen LogP contribution in [0.5, 0.6) is 0 Å². The zero-order valence-electron chi connectivity index (χ0n) is 7.32. The molecular formula is C10H10O3. The van der Waals surface area contributed by atoms with E-state index in [-0.39, 0.29) is 29.7 Å². The summed E-state index contributed by atoms with van der Waals surface area (Å²) in [6.45, 7) is 1.86. The number of carbonyl (C=O) groups is 2. The van der Waals surface area contributed by atoms with Gasteiger partial charge in [0, 0.05) is 0 Å². The molecule has 1 saturated heterocycles. The minimum atomic E-state index is -0.545. The van der Waals surface area contributed by atoms with Crippen molar-refractivity contribution in [3.63, 3.8) is 0 Å². The van der Waals surface area contributed by atoms with E-state index in [1.54, 1.807) is 0 Å². The van der Waals surface area contributed by atoms with Gasteiger partial charge in [0.25, 0.3) is 0 Å². The highest BCUT2D eigenvalue weighted by atomic mass is 16.6. The van der Waals surface area contributed by atoms with Crippen LogP contribution >= 0.6 is 0 Å². The maximum absolute atomic E-state index is 11.5. The topological polar surface area (TPSA) is 43.4 Å². The molecule has 68 valence electrons. The molecule has 2 fully saturated rings. The maximum atomic E-state index is 11.5. The summed E-state index contributed by atoms with van der Waals surface area (Å²) in [5.41, 5.74) is -0.545. The minimum absolute atomic E-state index is 0.199. The Morgan fingerprint density at radius 3 is 2.92 bits per heavy atom. The van der Waals surface area contributed by atoms with Gasteiger partial charge < -0.3 is 4.74 Å². The van der Waals surface area contributed by atoms with Crippen LogP contribution in [0.25, 0.3) is 0 Å². The Morgan fingerprint density at radius 2 is 2.23 bits per heavy atom. The number of esters is 2. The van der Waals surface area contributed by atoms with E-state index in [0.29, 0.717) is 0 Å². The summed E-state index contributed by atoms with van der Waals surface area (Å²) < 4.78 is 4.69. The molecule has 3 aliphatic rings. The van der Waals surface area contributed by atoms with Crippen molar-refractivity contribution >= 4 is 11.9 Å². The van der Waals surface area contributed by atoms with E-state index < -0.39 is 5.41 Å². The number of carbonyl (C=O) groups excluding carboxylic acids is 2. The van der Waals surface area contributed by atoms with Gasteiger partial charge in [0.1, 0.15) is 0 Å². The lowest BCUT2D eigenvalue weighted by molar-refractivity contribution is -0.156. The quantitative estimate of drug-likeness (QED) is 0.314. The summed E-state index contributed by atoms with van der Waals surface area (Å²) in [6, 6.07) is 0. The summed E-state index contributed by atoms with van der Waals surface area (Å²) in [7, 11) is 0. The predicted octanol–water partition coefficient (Wildman–Crippen LogP) is 0.898. The van der Waals surface area contributed by atoms with E-state index in [1.165, 1.54) is 0 Å². The molecule has 3 heteroatoms. The van der Waals surface area contributed by atoms with Crippen LogP contribution in [0.2, 0.25) is 0 Å². The summed E-state index contributed by atoms with van der Waals surface area (Å²) in [4.78, 5) is 22.9. The third-order valence-corrected chi connectivity index (χ3v) is 3.85. The highest BCUT2D eigenvalue weighted by molar-refractivity contribution is 6.00. The number of hydrogen-bond acceptors (Lipinski definition) is 3. The minimum Gasteiger partial charge on any atom is -0.392 e. The van der Waals surface area contributed by atoms with Crippen molar-refractivity contribution < 1.29 is 14.3 Å². The van der Waals surface area contributed by atoms with Crippen LogP contribution in [0.15, 0.2) is 12.2 Å². The second-order valence-electron chi connectivity index (χ2n) is 4.36. The molecule has 0 N–H and O–H groups in total. The van der Waals surface area contributed by atoms with Gasteiger partial charge >= 0.3 is 11.9 Å². The van der Waals surface area contributed by atoms with Crippen molar-refractivity contribution in [2.45, 2.75) is 13.3 Å². The van der Waals surface area contributed by atoms with E-state index in [0.717, 1.165) is 6.42 Å². The Balaban J connectivity index is 2.17. The van der Waals surface area contributed by atoms with Crippen molar-refractivity contribution in [3.05, 3.63) is 12.2 Å². The zero-order chi connectivity index (χ0) is 9.22. The third kappa shape index (κ3) is 0.598. The molecule has 13 heavy (non-hydrogen) atoms. The van der Waals surface area contributed by atoms with Crippen LogP contribution in [-0.4, -0.2) is 11.9 Å². The van der Waals surface area contributed by atoms with E-state index in [1.807, 2.05) is 6.92 Å². The van der Waals surface area contributed by atoms with Crippen LogP contribution in [-0.2, 0) is 14.3 Å². The van der Waals surface area contributed by atoms with Crippen LogP contribution in [0.1, 0.15) is 13.3 Å². The zero-order valence-corrected chi connectivity index (χ0v) is 7.32. The fourth-order valence-electron chi connectivity index (χ4n) is 3.06. The molecule has 0 spiro atoms. The highest BCUT2D eigenvalue weighted by Crippen LogP contribution is 2.59. The van der Waals surface area contributed by atoms with Crippen molar-refractivity contribution in [2.24, 2.45) is 23.2 Å². The lowest BCUT2D eigenvalue weighted by Crippen LogP contribution is -2.34. The second-order valence-corrected chi connectivity index (χ2v) is 4.36. The molecule has 4 atom stereocenters. The molecule has 3 rings (SSSR count). The van der Waals surface area contributed by atoms with Crippen LogP contribution in [0, 0.1) is 23.2 Å². The Bertz CT molecular complexity index is 344. The van der Waals surface area contributed by atoms with Crippen molar-refractivity contribution in [2.75, 3.05) is 0 Å². The molecule has 1 aliphatic heterocycles. The first-order valence-electron chi connectivity index (χ1n) is 4.58. The monoisotopic (exact) mass is 178 g/mol.